The summed E-state index contributed by atoms with van der Waals surface area (Å²) in [6, 6.07) is -0.625. The molecule has 0 aromatic carbocycles. The SMILES string of the molecule is CCCCCCCCC/C=C\CCCCCCCCCC(=O)OCCCCCCCCCCCCCCCCCC/C=C\CCCCCCCCCCCCCCCCCCCC(=O)NC(CO)C(O)/C=C/CCCCCCCCCCCCCCCCCC. The lowest BCUT2D eigenvalue weighted by atomic mass is 10.0. The minimum atomic E-state index is -0.842. The number of aliphatic hydroxyl groups excluding tert-OH is 2. The van der Waals surface area contributed by atoms with Gasteiger partial charge in [-0.15, -0.1) is 0 Å². The largest absolute Gasteiger partial charge is 0.466 e. The predicted octanol–water partition coefficient (Wildman–Crippen LogP) is 27.4. The zero-order chi connectivity index (χ0) is 64.9. The Morgan fingerprint density at radius 1 is 0.300 bits per heavy atom. The molecule has 0 heterocycles. The topological polar surface area (TPSA) is 95.9 Å². The standard InChI is InChI=1S/C84H161NO5/c1-3-5-7-9-11-13-15-17-19-21-44-48-52-56-60-64-68-72-76-82(87)81(80-86)85-83(88)77-73-69-65-61-57-53-49-45-42-40-38-36-34-32-30-28-26-24-23-25-27-29-31-33-35-37-39-41-43-47-51-55-59-63-67-71-75-79-90-84(89)78-74-70-66-62-58-54-50-46-22-20-18-16-14-12-10-8-6-4-2/h20,22-23,25,72,76,81-82,86-87H,3-19,21,24,26-71,73-75,77-80H2,1-2H3,(H,85,88)/b22-20-,25-23-,76-72+. The van der Waals surface area contributed by atoms with Gasteiger partial charge in [-0.1, -0.05) is 403 Å². The molecule has 532 valence electrons. The van der Waals surface area contributed by atoms with E-state index in [-0.39, 0.29) is 18.5 Å². The second-order valence-electron chi connectivity index (χ2n) is 28.4. The van der Waals surface area contributed by atoms with Crippen LogP contribution in [-0.4, -0.2) is 47.4 Å². The molecular formula is C84H161NO5. The lowest BCUT2D eigenvalue weighted by molar-refractivity contribution is -0.143. The van der Waals surface area contributed by atoms with Crippen molar-refractivity contribution < 1.29 is 24.5 Å². The van der Waals surface area contributed by atoms with Crippen molar-refractivity contribution in [1.29, 1.82) is 0 Å². The molecule has 0 saturated carbocycles. The highest BCUT2D eigenvalue weighted by atomic mass is 16.5. The molecule has 0 aromatic rings. The third kappa shape index (κ3) is 75.1. The molecule has 0 aromatic heterocycles. The van der Waals surface area contributed by atoms with Crippen LogP contribution in [0.2, 0.25) is 0 Å². The van der Waals surface area contributed by atoms with Crippen molar-refractivity contribution in [1.82, 2.24) is 5.32 Å². The summed E-state index contributed by atoms with van der Waals surface area (Å²) < 4.78 is 5.51. The fourth-order valence-electron chi connectivity index (χ4n) is 13.1. The quantitative estimate of drug-likeness (QED) is 0.0320. The number of hydrogen-bond donors (Lipinski definition) is 3. The minimum Gasteiger partial charge on any atom is -0.466 e. The Bertz CT molecular complexity index is 1460. The van der Waals surface area contributed by atoms with Crippen molar-refractivity contribution >= 4 is 11.9 Å². The van der Waals surface area contributed by atoms with E-state index in [4.69, 9.17) is 4.74 Å². The van der Waals surface area contributed by atoms with E-state index in [1.54, 1.807) is 6.08 Å². The fourth-order valence-corrected chi connectivity index (χ4v) is 13.1. The van der Waals surface area contributed by atoms with Gasteiger partial charge in [-0.05, 0) is 83.5 Å². The number of nitrogens with one attached hydrogen (secondary N) is 1. The third-order valence-corrected chi connectivity index (χ3v) is 19.4. The van der Waals surface area contributed by atoms with E-state index in [1.165, 1.54) is 398 Å². The summed E-state index contributed by atoms with van der Waals surface area (Å²) in [7, 11) is 0. The molecule has 0 aliphatic heterocycles. The van der Waals surface area contributed by atoms with Crippen LogP contribution in [0.15, 0.2) is 36.5 Å². The Morgan fingerprint density at radius 3 is 0.789 bits per heavy atom. The van der Waals surface area contributed by atoms with Crippen molar-refractivity contribution in [2.24, 2.45) is 0 Å². The van der Waals surface area contributed by atoms with Crippen LogP contribution in [0.1, 0.15) is 463 Å². The molecule has 0 saturated heterocycles. The number of allylic oxidation sites excluding steroid dienone is 5. The van der Waals surface area contributed by atoms with Crippen LogP contribution >= 0.6 is 0 Å². The Morgan fingerprint density at radius 2 is 0.522 bits per heavy atom. The highest BCUT2D eigenvalue weighted by molar-refractivity contribution is 5.76. The molecule has 3 N–H and O–H groups in total. The normalized spacial score (nSPS) is 12.6. The smallest absolute Gasteiger partial charge is 0.305 e. The Kier molecular flexibility index (Phi) is 77.8. The maximum Gasteiger partial charge on any atom is 0.305 e. The van der Waals surface area contributed by atoms with Crippen molar-refractivity contribution in [3.05, 3.63) is 36.5 Å². The molecule has 0 aliphatic carbocycles. The van der Waals surface area contributed by atoms with Crippen LogP contribution in [0.3, 0.4) is 0 Å². The number of esters is 1. The molecular weight excluding hydrogens is 1100 g/mol. The van der Waals surface area contributed by atoms with E-state index in [0.29, 0.717) is 19.4 Å². The number of hydrogen-bond acceptors (Lipinski definition) is 5. The van der Waals surface area contributed by atoms with E-state index in [1.807, 2.05) is 6.08 Å². The van der Waals surface area contributed by atoms with Crippen LogP contribution in [0.5, 0.6) is 0 Å². The van der Waals surface area contributed by atoms with Gasteiger partial charge < -0.3 is 20.3 Å². The maximum absolute atomic E-state index is 12.5. The maximum atomic E-state index is 12.5. The van der Waals surface area contributed by atoms with E-state index in [0.717, 1.165) is 38.5 Å². The molecule has 6 heteroatoms. The average molecular weight is 1270 g/mol. The van der Waals surface area contributed by atoms with E-state index >= 15 is 0 Å². The summed E-state index contributed by atoms with van der Waals surface area (Å²) in [4.78, 5) is 24.6. The first kappa shape index (κ1) is 88.1. The molecule has 2 atom stereocenters. The predicted molar refractivity (Wildman–Crippen MR) is 398 cm³/mol. The number of unbranched alkanes of at least 4 members (excludes halogenated alkanes) is 63. The molecule has 1 amide bonds. The molecule has 0 radical (unpaired) electrons. The molecule has 6 nitrogen and oxygen atoms in total. The van der Waals surface area contributed by atoms with Gasteiger partial charge in [0.05, 0.1) is 25.4 Å². The van der Waals surface area contributed by atoms with Crippen molar-refractivity contribution in [3.8, 4) is 0 Å². The monoisotopic (exact) mass is 1260 g/mol. The summed E-state index contributed by atoms with van der Waals surface area (Å²) in [5.41, 5.74) is 0. The van der Waals surface area contributed by atoms with Crippen LogP contribution in [0, 0.1) is 0 Å². The molecule has 0 aliphatic rings. The van der Waals surface area contributed by atoms with Crippen LogP contribution < -0.4 is 5.32 Å². The second-order valence-corrected chi connectivity index (χ2v) is 28.4. The molecule has 0 rings (SSSR count). The zero-order valence-corrected chi connectivity index (χ0v) is 61.1. The van der Waals surface area contributed by atoms with Gasteiger partial charge in [0.15, 0.2) is 0 Å². The lowest BCUT2D eigenvalue weighted by Crippen LogP contribution is -2.45. The van der Waals surface area contributed by atoms with E-state index in [9.17, 15) is 19.8 Å². The number of amides is 1. The van der Waals surface area contributed by atoms with Gasteiger partial charge in [-0.3, -0.25) is 9.59 Å². The van der Waals surface area contributed by atoms with Crippen molar-refractivity contribution in [3.63, 3.8) is 0 Å². The third-order valence-electron chi connectivity index (χ3n) is 19.4. The van der Waals surface area contributed by atoms with Crippen molar-refractivity contribution in [2.45, 2.75) is 475 Å². The first-order chi connectivity index (χ1) is 44.5. The highest BCUT2D eigenvalue weighted by Crippen LogP contribution is 2.20. The molecule has 0 bridgehead atoms. The Hall–Kier alpha value is -1.92. The van der Waals surface area contributed by atoms with Crippen LogP contribution in [0.25, 0.3) is 0 Å². The van der Waals surface area contributed by atoms with Crippen LogP contribution in [-0.2, 0) is 14.3 Å². The van der Waals surface area contributed by atoms with Gasteiger partial charge in [0.25, 0.3) is 0 Å². The number of carbonyl (C=O) groups excluding carboxylic acids is 2. The van der Waals surface area contributed by atoms with E-state index in [2.05, 4.69) is 43.5 Å². The number of aliphatic hydroxyl groups is 2. The Balaban J connectivity index is 3.34. The van der Waals surface area contributed by atoms with Gasteiger partial charge in [0, 0.05) is 12.8 Å². The second kappa shape index (κ2) is 79.5. The molecule has 90 heavy (non-hydrogen) atoms. The van der Waals surface area contributed by atoms with Gasteiger partial charge in [-0.2, -0.15) is 0 Å². The molecule has 0 spiro atoms. The molecule has 2 unspecified atom stereocenters. The van der Waals surface area contributed by atoms with Gasteiger partial charge in [0.1, 0.15) is 0 Å². The van der Waals surface area contributed by atoms with E-state index < -0.39 is 12.1 Å². The summed E-state index contributed by atoms with van der Waals surface area (Å²) in [5.74, 6) is -0.0409. The summed E-state index contributed by atoms with van der Waals surface area (Å²) in [6.07, 6.45) is 104. The minimum absolute atomic E-state index is 0.0192. The Labute approximate surface area is 564 Å². The van der Waals surface area contributed by atoms with Gasteiger partial charge in [0.2, 0.25) is 5.91 Å². The summed E-state index contributed by atoms with van der Waals surface area (Å²) >= 11 is 0. The first-order valence-corrected chi connectivity index (χ1v) is 41.3. The summed E-state index contributed by atoms with van der Waals surface area (Å²) in [5, 5.41) is 23.3. The fraction of sp³-hybridized carbons (Fsp3) is 0.905. The molecule has 0 fully saturated rings. The number of carbonyl (C=O) groups is 2. The number of rotatable bonds is 78. The summed E-state index contributed by atoms with van der Waals surface area (Å²) in [6.45, 7) is 4.95. The van der Waals surface area contributed by atoms with Gasteiger partial charge in [-0.25, -0.2) is 0 Å². The zero-order valence-electron chi connectivity index (χ0n) is 61.1. The average Bonchev–Trinajstić information content (AvgIpc) is 3.69. The van der Waals surface area contributed by atoms with Crippen molar-refractivity contribution in [2.75, 3.05) is 13.2 Å². The number of ether oxygens (including phenoxy) is 1. The van der Waals surface area contributed by atoms with Gasteiger partial charge >= 0.3 is 5.97 Å². The highest BCUT2D eigenvalue weighted by Gasteiger charge is 2.18. The lowest BCUT2D eigenvalue weighted by Gasteiger charge is -2.20. The first-order valence-electron chi connectivity index (χ1n) is 41.3. The van der Waals surface area contributed by atoms with Crippen LogP contribution in [0.4, 0.5) is 0 Å².